The van der Waals surface area contributed by atoms with Crippen molar-refractivity contribution < 1.29 is 47.9 Å². The normalized spacial score (nSPS) is 11.0. The maximum atomic E-state index is 13.5. The van der Waals surface area contributed by atoms with Gasteiger partial charge in [0.1, 0.15) is 22.8 Å². The third-order valence-electron chi connectivity index (χ3n) is 13.3. The summed E-state index contributed by atoms with van der Waals surface area (Å²) in [4.78, 5) is 145. The van der Waals surface area contributed by atoms with E-state index in [0.29, 0.717) is 28.6 Å². The minimum absolute atomic E-state index is 0.00501. The molecule has 32 heteroatoms. The van der Waals surface area contributed by atoms with Crippen molar-refractivity contribution >= 4 is 110 Å². The summed E-state index contributed by atoms with van der Waals surface area (Å²) in [5.41, 5.74) is 2.14. The van der Waals surface area contributed by atoms with Gasteiger partial charge in [-0.2, -0.15) is 0 Å². The van der Waals surface area contributed by atoms with Gasteiger partial charge < -0.3 is 90.0 Å². The number of nitrogens with zero attached hydrogens (tertiary/aromatic N) is 11. The van der Waals surface area contributed by atoms with Crippen molar-refractivity contribution in [2.45, 2.75) is 25.7 Å². The van der Waals surface area contributed by atoms with Gasteiger partial charge in [0.2, 0.25) is 23.5 Å². The number of aromatic nitrogens is 10. The molecule has 0 fully saturated rings. The lowest BCUT2D eigenvalue weighted by atomic mass is 10.3. The van der Waals surface area contributed by atoms with Crippen molar-refractivity contribution in [2.75, 3.05) is 77.5 Å². The zero-order chi connectivity index (χ0) is 63.5. The molecule has 88 heavy (non-hydrogen) atoms. The fourth-order valence-corrected chi connectivity index (χ4v) is 9.77. The van der Waals surface area contributed by atoms with Crippen molar-refractivity contribution in [3.05, 3.63) is 131 Å². The number of anilines is 7. The molecule has 0 saturated carbocycles. The predicted octanol–water partition coefficient (Wildman–Crippen LogP) is 3.15. The molecule has 8 rings (SSSR count). The number of nitrogens with one attached hydrogen (secondary N) is 10. The SMILES string of the molecule is CN(C)CCCNC(=O)CCNC(=O)c1cc(NC(=O)c2cc(NC(=O)c3cc(NC(=O)c4nc(NC(=O)CCCNC(=O)c5cc(NC(=O)c6ccc(NC(=O)c7nc(NC(=O)c8nccn8C)cn7C)s6)cn5C)cn4C)cn3C)cn2C)cn1C. The molecule has 0 saturated heterocycles. The van der Waals surface area contributed by atoms with Gasteiger partial charge in [-0.3, -0.25) is 47.9 Å². The van der Waals surface area contributed by atoms with E-state index in [2.05, 4.69) is 68.1 Å². The van der Waals surface area contributed by atoms with Crippen LogP contribution in [0.3, 0.4) is 0 Å². The summed E-state index contributed by atoms with van der Waals surface area (Å²) in [5.74, 6) is -4.33. The van der Waals surface area contributed by atoms with E-state index >= 15 is 0 Å². The van der Waals surface area contributed by atoms with Gasteiger partial charge in [0.25, 0.3) is 47.3 Å². The first-order valence-corrected chi connectivity index (χ1v) is 28.2. The fourth-order valence-electron chi connectivity index (χ4n) is 8.97. The summed E-state index contributed by atoms with van der Waals surface area (Å²) in [5, 5.41) is 27.7. The maximum Gasteiger partial charge on any atom is 0.292 e. The highest BCUT2D eigenvalue weighted by atomic mass is 32.1. The van der Waals surface area contributed by atoms with Crippen LogP contribution in [0.4, 0.5) is 39.4 Å². The Morgan fingerprint density at radius 3 is 1.40 bits per heavy atom. The monoisotopic (exact) mass is 1230 g/mol. The van der Waals surface area contributed by atoms with Crippen LogP contribution in [0, 0.1) is 0 Å². The van der Waals surface area contributed by atoms with Crippen LogP contribution in [-0.4, -0.2) is 151 Å². The van der Waals surface area contributed by atoms with Gasteiger partial charge in [-0.25, -0.2) is 15.0 Å². The number of aryl methyl sites for hydroxylation is 7. The molecule has 0 radical (unpaired) electrons. The van der Waals surface area contributed by atoms with Crippen LogP contribution in [0.5, 0.6) is 0 Å². The molecule has 0 aliphatic rings. The third kappa shape index (κ3) is 16.1. The number of amides is 10. The Bertz CT molecular complexity index is 3970. The van der Waals surface area contributed by atoms with E-state index in [0.717, 1.165) is 24.3 Å². The van der Waals surface area contributed by atoms with E-state index in [1.165, 1.54) is 78.0 Å². The number of thiophene rings is 1. The van der Waals surface area contributed by atoms with E-state index in [1.807, 2.05) is 19.0 Å². The van der Waals surface area contributed by atoms with Gasteiger partial charge in [-0.05, 0) is 69.9 Å². The van der Waals surface area contributed by atoms with Gasteiger partial charge >= 0.3 is 0 Å². The molecule has 0 bridgehead atoms. The molecule has 462 valence electrons. The van der Waals surface area contributed by atoms with Crippen LogP contribution >= 0.6 is 11.3 Å². The van der Waals surface area contributed by atoms with Crippen molar-refractivity contribution in [1.29, 1.82) is 0 Å². The Balaban J connectivity index is 0.741. The lowest BCUT2D eigenvalue weighted by molar-refractivity contribution is -0.121. The summed E-state index contributed by atoms with van der Waals surface area (Å²) < 4.78 is 10.5. The second-order valence-electron chi connectivity index (χ2n) is 20.7. The molecular weight excluding hydrogens is 1160 g/mol. The van der Waals surface area contributed by atoms with Gasteiger partial charge in [-0.15, -0.1) is 11.3 Å². The lowest BCUT2D eigenvalue weighted by Crippen LogP contribution is -2.32. The van der Waals surface area contributed by atoms with Crippen LogP contribution in [0.2, 0.25) is 0 Å². The molecule has 0 atom stereocenters. The Hall–Kier alpha value is -10.9. The molecule has 0 aliphatic carbocycles. The van der Waals surface area contributed by atoms with E-state index < -0.39 is 53.2 Å². The topological polar surface area (TPSA) is 367 Å². The van der Waals surface area contributed by atoms with E-state index in [1.54, 1.807) is 89.3 Å². The van der Waals surface area contributed by atoms with Crippen LogP contribution < -0.4 is 53.2 Å². The highest BCUT2D eigenvalue weighted by molar-refractivity contribution is 7.18. The second-order valence-corrected chi connectivity index (χ2v) is 21.8. The number of hydrogen-bond acceptors (Lipinski definition) is 15. The minimum Gasteiger partial charge on any atom is -0.356 e. The molecule has 0 aromatic carbocycles. The minimum atomic E-state index is -0.631. The van der Waals surface area contributed by atoms with Gasteiger partial charge in [-0.1, -0.05) is 0 Å². The molecule has 8 heterocycles. The summed E-state index contributed by atoms with van der Waals surface area (Å²) in [6.07, 6.45) is 13.4. The Labute approximate surface area is 507 Å². The summed E-state index contributed by atoms with van der Waals surface area (Å²) in [7, 11) is 15.3. The van der Waals surface area contributed by atoms with Crippen molar-refractivity contribution in [3.63, 3.8) is 0 Å². The smallest absolute Gasteiger partial charge is 0.292 e. The maximum absolute atomic E-state index is 13.5. The number of hydrogen-bond donors (Lipinski definition) is 10. The third-order valence-corrected chi connectivity index (χ3v) is 14.3. The average Bonchev–Trinajstić information content (AvgIpc) is 3.33. The molecule has 10 amide bonds. The zero-order valence-corrected chi connectivity index (χ0v) is 50.5. The standard InChI is InChI=1S/C56H67N21O10S/c1-70(2)20-11-17-57-43(78)15-18-60-50(81)37-22-32(26-72(37)4)61-51(82)38-24-33(27-74(38)6)62-52(83)39-25-35(29-75(39)7)64-55(86)47-66-41(30-76(47)8)65-44(79)12-10-16-59-49(80)36-23-34(28-73(36)5)63-53(84)40-13-14-45(88-40)69-56(87)48-67-42(31-77(48)9)68-54(85)46-58-19-21-71(46)3/h13-14,19,21-31H,10-12,15-18,20H2,1-9H3,(H,57,78)(H,59,80)(H,60,81)(H,61,82)(H,62,83)(H,63,84)(H,64,86)(H,65,79)(H,68,85)(H,69,87). The molecule has 0 unspecified atom stereocenters. The quantitative estimate of drug-likeness (QED) is 0.0349. The van der Waals surface area contributed by atoms with E-state index in [-0.39, 0.29) is 101 Å². The summed E-state index contributed by atoms with van der Waals surface area (Å²) >= 11 is 1.02. The second kappa shape index (κ2) is 27.9. The first-order valence-electron chi connectivity index (χ1n) is 27.3. The van der Waals surface area contributed by atoms with Crippen molar-refractivity contribution in [1.82, 2.24) is 67.8 Å². The average molecular weight is 1230 g/mol. The van der Waals surface area contributed by atoms with Crippen LogP contribution in [-0.2, 0) is 58.9 Å². The fraction of sp³-hybridized carbons (Fsp3) is 0.304. The number of rotatable bonds is 26. The first kappa shape index (κ1) is 63.1. The lowest BCUT2D eigenvalue weighted by Gasteiger charge is -2.10. The zero-order valence-electron chi connectivity index (χ0n) is 49.6. The Kier molecular flexibility index (Phi) is 20.0. The van der Waals surface area contributed by atoms with Gasteiger partial charge in [0, 0.05) is 131 Å². The van der Waals surface area contributed by atoms with Crippen LogP contribution in [0.1, 0.15) is 109 Å². The largest absolute Gasteiger partial charge is 0.356 e. The Morgan fingerprint density at radius 2 is 0.886 bits per heavy atom. The molecule has 8 aromatic heterocycles. The van der Waals surface area contributed by atoms with Gasteiger partial charge in [0.05, 0.1) is 32.6 Å². The van der Waals surface area contributed by atoms with E-state index in [4.69, 9.17) is 0 Å². The summed E-state index contributed by atoms with van der Waals surface area (Å²) in [6.45, 7) is 1.64. The van der Waals surface area contributed by atoms with Crippen molar-refractivity contribution in [2.24, 2.45) is 49.3 Å². The van der Waals surface area contributed by atoms with Crippen LogP contribution in [0.25, 0.3) is 0 Å². The van der Waals surface area contributed by atoms with Gasteiger partial charge in [0.15, 0.2) is 17.5 Å². The Morgan fingerprint density at radius 1 is 0.432 bits per heavy atom. The first-order chi connectivity index (χ1) is 41.9. The molecular formula is C56H67N21O10S. The van der Waals surface area contributed by atoms with E-state index in [9.17, 15) is 47.9 Å². The molecule has 10 N–H and O–H groups in total. The highest BCUT2D eigenvalue weighted by Gasteiger charge is 2.24. The van der Waals surface area contributed by atoms with Crippen molar-refractivity contribution in [3.8, 4) is 0 Å². The highest BCUT2D eigenvalue weighted by Crippen LogP contribution is 2.26. The molecule has 31 nitrogen and oxygen atoms in total. The molecule has 0 spiro atoms. The number of carbonyl (C=O) groups is 10. The van der Waals surface area contributed by atoms with Crippen LogP contribution in [0.15, 0.2) is 86.0 Å². The predicted molar refractivity (Wildman–Crippen MR) is 327 cm³/mol. The molecule has 0 aliphatic heterocycles. The summed E-state index contributed by atoms with van der Waals surface area (Å²) in [6, 6.07) is 9.04. The number of carbonyl (C=O) groups excluding carboxylic acids is 10. The molecule has 8 aromatic rings. The number of imidazole rings is 3.